The molecule has 7 heteroatoms. The molecule has 0 atom stereocenters. The molecule has 0 radical (unpaired) electrons. The Hall–Kier alpha value is -2.93. The van der Waals surface area contributed by atoms with Gasteiger partial charge in [-0.2, -0.15) is 0 Å². The number of carbonyl (C=O) groups excluding carboxylic acids is 1. The molecular formula is C18H19N3O4. The van der Waals surface area contributed by atoms with Crippen molar-refractivity contribution in [3.63, 3.8) is 0 Å². The summed E-state index contributed by atoms with van der Waals surface area (Å²) < 4.78 is 5.35. The zero-order chi connectivity index (χ0) is 17.8. The number of benzene rings is 2. The number of aryl methyl sites for hydroxylation is 1. The first-order chi connectivity index (χ1) is 12.0. The molecule has 0 spiro atoms. The third-order valence-corrected chi connectivity index (χ3v) is 4.14. The summed E-state index contributed by atoms with van der Waals surface area (Å²) in [7, 11) is 0. The highest BCUT2D eigenvalue weighted by Gasteiger charge is 2.15. The van der Waals surface area contributed by atoms with Crippen LogP contribution in [0.15, 0.2) is 42.5 Å². The van der Waals surface area contributed by atoms with Crippen molar-refractivity contribution in [3.05, 3.63) is 63.7 Å². The highest BCUT2D eigenvalue weighted by molar-refractivity contribution is 6.04. The summed E-state index contributed by atoms with van der Waals surface area (Å²) in [6.07, 6.45) is 0. The highest BCUT2D eigenvalue weighted by atomic mass is 16.6. The van der Waals surface area contributed by atoms with Crippen molar-refractivity contribution in [2.24, 2.45) is 0 Å². The summed E-state index contributed by atoms with van der Waals surface area (Å²) in [5, 5.41) is 13.7. The average molecular weight is 341 g/mol. The lowest BCUT2D eigenvalue weighted by molar-refractivity contribution is -0.385. The predicted molar refractivity (Wildman–Crippen MR) is 95.3 cm³/mol. The molecule has 25 heavy (non-hydrogen) atoms. The van der Waals surface area contributed by atoms with E-state index in [1.807, 2.05) is 24.3 Å². The van der Waals surface area contributed by atoms with Gasteiger partial charge in [0, 0.05) is 41.7 Å². The molecule has 1 heterocycles. The molecule has 1 aliphatic heterocycles. The molecule has 0 aliphatic carbocycles. The van der Waals surface area contributed by atoms with Crippen LogP contribution in [0.1, 0.15) is 15.9 Å². The number of hydrogen-bond acceptors (Lipinski definition) is 5. The Morgan fingerprint density at radius 2 is 1.96 bits per heavy atom. The Morgan fingerprint density at radius 3 is 2.64 bits per heavy atom. The molecule has 130 valence electrons. The number of nitro benzene ring substituents is 1. The van der Waals surface area contributed by atoms with Crippen LogP contribution in [0, 0.1) is 17.0 Å². The molecule has 7 nitrogen and oxygen atoms in total. The number of amides is 1. The fourth-order valence-corrected chi connectivity index (χ4v) is 2.81. The van der Waals surface area contributed by atoms with E-state index in [1.54, 1.807) is 6.92 Å². The molecule has 3 rings (SSSR count). The summed E-state index contributed by atoms with van der Waals surface area (Å²) >= 11 is 0. The molecule has 0 aromatic heterocycles. The largest absolute Gasteiger partial charge is 0.378 e. The molecule has 1 amide bonds. The predicted octanol–water partition coefficient (Wildman–Crippen LogP) is 2.99. The third-order valence-electron chi connectivity index (χ3n) is 4.14. The van der Waals surface area contributed by atoms with Crippen molar-refractivity contribution in [1.29, 1.82) is 0 Å². The van der Waals surface area contributed by atoms with E-state index in [-0.39, 0.29) is 11.6 Å². The topological polar surface area (TPSA) is 84.7 Å². The van der Waals surface area contributed by atoms with Gasteiger partial charge in [-0.3, -0.25) is 14.9 Å². The van der Waals surface area contributed by atoms with Crippen molar-refractivity contribution < 1.29 is 14.5 Å². The van der Waals surface area contributed by atoms with Crippen LogP contribution in [-0.2, 0) is 4.74 Å². The number of morpholine rings is 1. The smallest absolute Gasteiger partial charge is 0.272 e. The molecule has 1 fully saturated rings. The van der Waals surface area contributed by atoms with Crippen LogP contribution in [0.4, 0.5) is 17.1 Å². The van der Waals surface area contributed by atoms with E-state index in [4.69, 9.17) is 4.74 Å². The van der Waals surface area contributed by atoms with Gasteiger partial charge in [-0.25, -0.2) is 0 Å². The number of ether oxygens (including phenoxy) is 1. The van der Waals surface area contributed by atoms with E-state index in [2.05, 4.69) is 10.2 Å². The van der Waals surface area contributed by atoms with Crippen molar-refractivity contribution >= 4 is 23.0 Å². The van der Waals surface area contributed by atoms with Crippen LogP contribution < -0.4 is 10.2 Å². The van der Waals surface area contributed by atoms with E-state index < -0.39 is 4.92 Å². The summed E-state index contributed by atoms with van der Waals surface area (Å²) in [4.78, 5) is 25.0. The lowest BCUT2D eigenvalue weighted by Crippen LogP contribution is -2.36. The minimum atomic E-state index is -0.456. The Kier molecular flexibility index (Phi) is 4.95. The van der Waals surface area contributed by atoms with Crippen molar-refractivity contribution in [1.82, 2.24) is 0 Å². The molecule has 0 unspecified atom stereocenters. The number of nitrogens with one attached hydrogen (secondary N) is 1. The standard InChI is InChI=1S/C18H19N3O4/c1-13-11-14(5-6-17(13)21(23)24)18(22)19-15-3-2-4-16(12-15)20-7-9-25-10-8-20/h2-6,11-12H,7-10H2,1H3,(H,19,22). The van der Waals surface area contributed by atoms with Crippen LogP contribution in [0.2, 0.25) is 0 Å². The number of rotatable bonds is 4. The number of carbonyl (C=O) groups is 1. The van der Waals surface area contributed by atoms with Gasteiger partial charge < -0.3 is 15.0 Å². The van der Waals surface area contributed by atoms with Gasteiger partial charge >= 0.3 is 0 Å². The van der Waals surface area contributed by atoms with Gasteiger partial charge in [-0.1, -0.05) is 6.07 Å². The maximum atomic E-state index is 12.4. The maximum Gasteiger partial charge on any atom is 0.272 e. The van der Waals surface area contributed by atoms with Crippen LogP contribution in [0.5, 0.6) is 0 Å². The molecule has 2 aromatic carbocycles. The van der Waals surface area contributed by atoms with Gasteiger partial charge in [0.05, 0.1) is 18.1 Å². The first-order valence-electron chi connectivity index (χ1n) is 8.04. The Labute approximate surface area is 145 Å². The highest BCUT2D eigenvalue weighted by Crippen LogP contribution is 2.22. The minimum absolute atomic E-state index is 0.00543. The number of nitrogens with zero attached hydrogens (tertiary/aromatic N) is 2. The van der Waals surface area contributed by atoms with Gasteiger partial charge in [-0.05, 0) is 37.3 Å². The zero-order valence-corrected chi connectivity index (χ0v) is 13.9. The van der Waals surface area contributed by atoms with Crippen LogP contribution in [0.25, 0.3) is 0 Å². The van der Waals surface area contributed by atoms with Crippen LogP contribution in [0.3, 0.4) is 0 Å². The molecule has 0 saturated carbocycles. The molecule has 0 bridgehead atoms. The Balaban J connectivity index is 1.74. The molecule has 1 saturated heterocycles. The van der Waals surface area contributed by atoms with Crippen molar-refractivity contribution in [2.75, 3.05) is 36.5 Å². The summed E-state index contributed by atoms with van der Waals surface area (Å²) in [6, 6.07) is 12.0. The van der Waals surface area contributed by atoms with Gasteiger partial charge in [0.2, 0.25) is 0 Å². The fourth-order valence-electron chi connectivity index (χ4n) is 2.81. The summed E-state index contributed by atoms with van der Waals surface area (Å²) in [6.45, 7) is 4.64. The lowest BCUT2D eigenvalue weighted by atomic mass is 10.1. The van der Waals surface area contributed by atoms with Crippen LogP contribution in [-0.4, -0.2) is 37.1 Å². The molecule has 1 aliphatic rings. The van der Waals surface area contributed by atoms with Gasteiger partial charge in [0.25, 0.3) is 11.6 Å². The van der Waals surface area contributed by atoms with E-state index >= 15 is 0 Å². The number of hydrogen-bond donors (Lipinski definition) is 1. The second kappa shape index (κ2) is 7.31. The van der Waals surface area contributed by atoms with E-state index in [0.717, 1.165) is 18.8 Å². The van der Waals surface area contributed by atoms with Crippen molar-refractivity contribution in [2.45, 2.75) is 6.92 Å². The second-order valence-electron chi connectivity index (χ2n) is 5.86. The Morgan fingerprint density at radius 1 is 1.20 bits per heavy atom. The van der Waals surface area contributed by atoms with Crippen LogP contribution >= 0.6 is 0 Å². The Bertz CT molecular complexity index is 801. The van der Waals surface area contributed by atoms with E-state index in [0.29, 0.717) is 30.0 Å². The molecule has 1 N–H and O–H groups in total. The summed E-state index contributed by atoms with van der Waals surface area (Å²) in [5.41, 5.74) is 2.57. The SMILES string of the molecule is Cc1cc(C(=O)Nc2cccc(N3CCOCC3)c2)ccc1[N+](=O)[O-]. The monoisotopic (exact) mass is 341 g/mol. The van der Waals surface area contributed by atoms with Gasteiger partial charge in [0.15, 0.2) is 0 Å². The van der Waals surface area contributed by atoms with E-state index in [9.17, 15) is 14.9 Å². The quantitative estimate of drug-likeness (QED) is 0.682. The zero-order valence-electron chi connectivity index (χ0n) is 13.9. The molecular weight excluding hydrogens is 322 g/mol. The first kappa shape index (κ1) is 16.9. The fraction of sp³-hybridized carbons (Fsp3) is 0.278. The third kappa shape index (κ3) is 3.95. The average Bonchev–Trinajstić information content (AvgIpc) is 2.62. The number of anilines is 2. The van der Waals surface area contributed by atoms with Gasteiger partial charge in [0.1, 0.15) is 0 Å². The normalized spacial score (nSPS) is 14.2. The van der Waals surface area contributed by atoms with Crippen molar-refractivity contribution in [3.8, 4) is 0 Å². The molecule has 2 aromatic rings. The number of nitro groups is 1. The minimum Gasteiger partial charge on any atom is -0.378 e. The lowest BCUT2D eigenvalue weighted by Gasteiger charge is -2.29. The van der Waals surface area contributed by atoms with Gasteiger partial charge in [-0.15, -0.1) is 0 Å². The first-order valence-corrected chi connectivity index (χ1v) is 8.04. The second-order valence-corrected chi connectivity index (χ2v) is 5.86. The maximum absolute atomic E-state index is 12.4. The summed E-state index contributed by atoms with van der Waals surface area (Å²) in [5.74, 6) is -0.294. The van der Waals surface area contributed by atoms with E-state index in [1.165, 1.54) is 18.2 Å².